The number of carbonyl (C=O) groups is 1. The molecule has 0 saturated heterocycles. The van der Waals surface area contributed by atoms with Crippen molar-refractivity contribution in [3.8, 4) is 0 Å². The lowest BCUT2D eigenvalue weighted by Crippen LogP contribution is -2.00. The summed E-state index contributed by atoms with van der Waals surface area (Å²) in [6, 6.07) is 7.09. The SMILES string of the molecule is O=C(O)c1ccnc(CCCc2cccnc2)c1. The Labute approximate surface area is 105 Å². The zero-order valence-electron chi connectivity index (χ0n) is 9.91. The molecule has 4 heteroatoms. The Morgan fingerprint density at radius 2 is 2.11 bits per heavy atom. The van der Waals surface area contributed by atoms with E-state index in [9.17, 15) is 4.79 Å². The fourth-order valence-electron chi connectivity index (χ4n) is 1.77. The minimum absolute atomic E-state index is 0.293. The van der Waals surface area contributed by atoms with E-state index in [1.54, 1.807) is 18.5 Å². The quantitative estimate of drug-likeness (QED) is 0.874. The van der Waals surface area contributed by atoms with E-state index in [0.717, 1.165) is 25.0 Å². The predicted molar refractivity (Wildman–Crippen MR) is 67.5 cm³/mol. The zero-order chi connectivity index (χ0) is 12.8. The van der Waals surface area contributed by atoms with E-state index < -0.39 is 5.97 Å². The third kappa shape index (κ3) is 3.38. The van der Waals surface area contributed by atoms with Crippen molar-refractivity contribution in [3.05, 3.63) is 59.7 Å². The van der Waals surface area contributed by atoms with Crippen molar-refractivity contribution in [1.29, 1.82) is 0 Å². The molecule has 2 aromatic heterocycles. The van der Waals surface area contributed by atoms with Crippen molar-refractivity contribution in [2.75, 3.05) is 0 Å². The molecule has 0 radical (unpaired) electrons. The molecule has 0 atom stereocenters. The van der Waals surface area contributed by atoms with Crippen LogP contribution in [-0.2, 0) is 12.8 Å². The van der Waals surface area contributed by atoms with Gasteiger partial charge in [-0.2, -0.15) is 0 Å². The predicted octanol–water partition coefficient (Wildman–Crippen LogP) is 2.35. The molecule has 92 valence electrons. The minimum Gasteiger partial charge on any atom is -0.478 e. The highest BCUT2D eigenvalue weighted by Gasteiger charge is 2.04. The number of pyridine rings is 2. The molecule has 0 aromatic carbocycles. The number of aryl methyl sites for hydroxylation is 2. The first-order valence-electron chi connectivity index (χ1n) is 5.83. The van der Waals surface area contributed by atoms with Crippen LogP contribution in [0.5, 0.6) is 0 Å². The monoisotopic (exact) mass is 242 g/mol. The largest absolute Gasteiger partial charge is 0.478 e. The van der Waals surface area contributed by atoms with Gasteiger partial charge in [0.15, 0.2) is 0 Å². The van der Waals surface area contributed by atoms with E-state index in [-0.39, 0.29) is 0 Å². The molecule has 0 saturated carbocycles. The van der Waals surface area contributed by atoms with Gasteiger partial charge >= 0.3 is 5.97 Å². The second-order valence-corrected chi connectivity index (χ2v) is 4.06. The Morgan fingerprint density at radius 3 is 2.83 bits per heavy atom. The summed E-state index contributed by atoms with van der Waals surface area (Å²) in [5.74, 6) is -0.911. The smallest absolute Gasteiger partial charge is 0.335 e. The molecule has 18 heavy (non-hydrogen) atoms. The molecule has 0 aliphatic carbocycles. The van der Waals surface area contributed by atoms with Crippen molar-refractivity contribution in [2.24, 2.45) is 0 Å². The summed E-state index contributed by atoms with van der Waals surface area (Å²) in [6.45, 7) is 0. The Bertz CT molecular complexity index is 526. The maximum atomic E-state index is 10.8. The van der Waals surface area contributed by atoms with Crippen LogP contribution in [0, 0.1) is 0 Å². The molecule has 2 aromatic rings. The average Bonchev–Trinajstić information content (AvgIpc) is 2.40. The van der Waals surface area contributed by atoms with Gasteiger partial charge in [-0.05, 0) is 43.0 Å². The van der Waals surface area contributed by atoms with Crippen LogP contribution in [0.2, 0.25) is 0 Å². The van der Waals surface area contributed by atoms with Gasteiger partial charge in [-0.25, -0.2) is 4.79 Å². The second-order valence-electron chi connectivity index (χ2n) is 4.06. The van der Waals surface area contributed by atoms with E-state index in [4.69, 9.17) is 5.11 Å². The van der Waals surface area contributed by atoms with Crippen LogP contribution in [0.1, 0.15) is 28.0 Å². The molecule has 0 amide bonds. The Balaban J connectivity index is 1.90. The molecular formula is C14H14N2O2. The molecule has 2 rings (SSSR count). The molecule has 0 bridgehead atoms. The molecule has 2 heterocycles. The number of nitrogens with zero attached hydrogens (tertiary/aromatic N) is 2. The van der Waals surface area contributed by atoms with Crippen LogP contribution in [-0.4, -0.2) is 21.0 Å². The summed E-state index contributed by atoms with van der Waals surface area (Å²) >= 11 is 0. The number of carboxylic acid groups (broad SMARTS) is 1. The van der Waals surface area contributed by atoms with Gasteiger partial charge in [0.1, 0.15) is 0 Å². The van der Waals surface area contributed by atoms with Crippen molar-refractivity contribution in [2.45, 2.75) is 19.3 Å². The highest BCUT2D eigenvalue weighted by molar-refractivity contribution is 5.87. The Hall–Kier alpha value is -2.23. The molecule has 0 aliphatic rings. The van der Waals surface area contributed by atoms with Crippen LogP contribution in [0.15, 0.2) is 42.9 Å². The van der Waals surface area contributed by atoms with Crippen LogP contribution in [0.25, 0.3) is 0 Å². The lowest BCUT2D eigenvalue weighted by molar-refractivity contribution is 0.0696. The molecule has 4 nitrogen and oxygen atoms in total. The fraction of sp³-hybridized carbons (Fsp3) is 0.214. The van der Waals surface area contributed by atoms with E-state index in [0.29, 0.717) is 5.56 Å². The van der Waals surface area contributed by atoms with E-state index in [1.165, 1.54) is 11.6 Å². The van der Waals surface area contributed by atoms with Gasteiger partial charge in [-0.1, -0.05) is 6.07 Å². The molecule has 0 spiro atoms. The highest BCUT2D eigenvalue weighted by atomic mass is 16.4. The first-order valence-corrected chi connectivity index (χ1v) is 5.83. The van der Waals surface area contributed by atoms with Gasteiger partial charge in [-0.15, -0.1) is 0 Å². The van der Waals surface area contributed by atoms with E-state index in [2.05, 4.69) is 9.97 Å². The molecule has 0 unspecified atom stereocenters. The topological polar surface area (TPSA) is 63.1 Å². The Morgan fingerprint density at radius 1 is 1.22 bits per heavy atom. The third-order valence-electron chi connectivity index (χ3n) is 2.68. The average molecular weight is 242 g/mol. The number of hydrogen-bond donors (Lipinski definition) is 1. The van der Waals surface area contributed by atoms with Crippen LogP contribution >= 0.6 is 0 Å². The van der Waals surface area contributed by atoms with Crippen LogP contribution in [0.3, 0.4) is 0 Å². The van der Waals surface area contributed by atoms with Crippen LogP contribution < -0.4 is 0 Å². The van der Waals surface area contributed by atoms with Crippen LogP contribution in [0.4, 0.5) is 0 Å². The van der Waals surface area contributed by atoms with E-state index >= 15 is 0 Å². The maximum Gasteiger partial charge on any atom is 0.335 e. The van der Waals surface area contributed by atoms with Gasteiger partial charge < -0.3 is 5.11 Å². The maximum absolute atomic E-state index is 10.8. The summed E-state index contributed by atoms with van der Waals surface area (Å²) < 4.78 is 0. The van der Waals surface area contributed by atoms with Gasteiger partial charge in [-0.3, -0.25) is 9.97 Å². The molecule has 0 aliphatic heterocycles. The van der Waals surface area contributed by atoms with Crippen molar-refractivity contribution >= 4 is 5.97 Å². The summed E-state index contributed by atoms with van der Waals surface area (Å²) in [4.78, 5) is 19.0. The number of hydrogen-bond acceptors (Lipinski definition) is 3. The summed E-state index contributed by atoms with van der Waals surface area (Å²) in [5.41, 5.74) is 2.30. The second kappa shape index (κ2) is 5.91. The van der Waals surface area contributed by atoms with Crippen molar-refractivity contribution in [1.82, 2.24) is 9.97 Å². The first kappa shape index (κ1) is 12.2. The Kier molecular flexibility index (Phi) is 4.02. The van der Waals surface area contributed by atoms with Gasteiger partial charge in [0.25, 0.3) is 0 Å². The fourth-order valence-corrected chi connectivity index (χ4v) is 1.77. The summed E-state index contributed by atoms with van der Waals surface area (Å²) in [6.07, 6.45) is 7.77. The number of aromatic carboxylic acids is 1. The first-order chi connectivity index (χ1) is 8.75. The molecule has 1 N–H and O–H groups in total. The molecule has 0 fully saturated rings. The van der Waals surface area contributed by atoms with Gasteiger partial charge in [0.05, 0.1) is 5.56 Å². The summed E-state index contributed by atoms with van der Waals surface area (Å²) in [7, 11) is 0. The lowest BCUT2D eigenvalue weighted by atomic mass is 10.1. The zero-order valence-corrected chi connectivity index (χ0v) is 9.91. The standard InChI is InChI=1S/C14H14N2O2/c17-14(18)12-6-8-16-13(9-12)5-1-3-11-4-2-7-15-10-11/h2,4,6-10H,1,3,5H2,(H,17,18). The number of rotatable bonds is 5. The highest BCUT2D eigenvalue weighted by Crippen LogP contribution is 2.07. The van der Waals surface area contributed by atoms with Gasteiger partial charge in [0, 0.05) is 24.3 Å². The summed E-state index contributed by atoms with van der Waals surface area (Å²) in [5, 5.41) is 8.88. The van der Waals surface area contributed by atoms with Crippen molar-refractivity contribution < 1.29 is 9.90 Å². The number of aromatic nitrogens is 2. The van der Waals surface area contributed by atoms with Crippen molar-refractivity contribution in [3.63, 3.8) is 0 Å². The van der Waals surface area contributed by atoms with E-state index in [1.807, 2.05) is 18.3 Å². The lowest BCUT2D eigenvalue weighted by Gasteiger charge is -2.02. The molecular weight excluding hydrogens is 228 g/mol. The third-order valence-corrected chi connectivity index (χ3v) is 2.68. The minimum atomic E-state index is -0.911. The normalized spacial score (nSPS) is 10.2. The van der Waals surface area contributed by atoms with Gasteiger partial charge in [0.2, 0.25) is 0 Å². The number of carboxylic acids is 1.